The topological polar surface area (TPSA) is 38.3 Å². The van der Waals surface area contributed by atoms with Gasteiger partial charge in [-0.1, -0.05) is 13.8 Å². The molecule has 1 unspecified atom stereocenters. The number of methoxy groups -OCH3 is 1. The Labute approximate surface area is 80.6 Å². The molecule has 14 heavy (non-hydrogen) atoms. The second-order valence-electron chi connectivity index (χ2n) is 3.24. The number of alkyl halides is 3. The third-order valence-electron chi connectivity index (χ3n) is 1.64. The van der Waals surface area contributed by atoms with Crippen molar-refractivity contribution in [3.8, 4) is 0 Å². The molecule has 0 aromatic rings. The Bertz CT molecular complexity index is 192. The first-order chi connectivity index (χ1) is 6.28. The zero-order valence-electron chi connectivity index (χ0n) is 8.31. The van der Waals surface area contributed by atoms with Gasteiger partial charge in [-0.3, -0.25) is 10.1 Å². The van der Waals surface area contributed by atoms with Crippen LogP contribution in [0.15, 0.2) is 0 Å². The summed E-state index contributed by atoms with van der Waals surface area (Å²) in [7, 11) is 1.15. The molecular formula is C8H14F3NO2. The first-order valence-corrected chi connectivity index (χ1v) is 4.16. The maximum absolute atomic E-state index is 11.8. The van der Waals surface area contributed by atoms with E-state index in [1.165, 1.54) is 0 Å². The molecule has 0 bridgehead atoms. The molecule has 0 saturated heterocycles. The lowest BCUT2D eigenvalue weighted by Crippen LogP contribution is -2.45. The second-order valence-corrected chi connectivity index (χ2v) is 3.24. The van der Waals surface area contributed by atoms with Crippen molar-refractivity contribution in [1.82, 2.24) is 5.32 Å². The molecule has 0 aliphatic rings. The Hall–Kier alpha value is -0.780. The van der Waals surface area contributed by atoms with E-state index in [1.807, 2.05) is 0 Å². The predicted octanol–water partition coefficient (Wildman–Crippen LogP) is 1.34. The number of rotatable bonds is 4. The number of hydrogen-bond acceptors (Lipinski definition) is 3. The Balaban J connectivity index is 4.18. The van der Waals surface area contributed by atoms with Crippen LogP contribution in [0.1, 0.15) is 13.8 Å². The van der Waals surface area contributed by atoms with Gasteiger partial charge in [0, 0.05) is 0 Å². The minimum Gasteiger partial charge on any atom is -0.468 e. The standard InChI is InChI=1S/C8H14F3NO2/c1-5(2)6(7(13)14-3)12-4-8(9,10)11/h5-6,12H,4H2,1-3H3. The summed E-state index contributed by atoms with van der Waals surface area (Å²) in [5.74, 6) is -0.922. The van der Waals surface area contributed by atoms with Gasteiger partial charge in [0.15, 0.2) is 0 Å². The summed E-state index contributed by atoms with van der Waals surface area (Å²) >= 11 is 0. The fraction of sp³-hybridized carbons (Fsp3) is 0.875. The average molecular weight is 213 g/mol. The average Bonchev–Trinajstić information content (AvgIpc) is 2.01. The van der Waals surface area contributed by atoms with Gasteiger partial charge in [-0.15, -0.1) is 0 Å². The van der Waals surface area contributed by atoms with Crippen LogP contribution in [0.3, 0.4) is 0 Å². The van der Waals surface area contributed by atoms with Gasteiger partial charge in [-0.05, 0) is 5.92 Å². The van der Waals surface area contributed by atoms with E-state index in [-0.39, 0.29) is 5.92 Å². The lowest BCUT2D eigenvalue weighted by atomic mass is 10.1. The summed E-state index contributed by atoms with van der Waals surface area (Å²) in [6.45, 7) is 2.10. The van der Waals surface area contributed by atoms with E-state index in [0.29, 0.717) is 0 Å². The Morgan fingerprint density at radius 2 is 1.93 bits per heavy atom. The molecule has 0 aromatic carbocycles. The number of esters is 1. The van der Waals surface area contributed by atoms with E-state index in [0.717, 1.165) is 7.11 Å². The largest absolute Gasteiger partial charge is 0.468 e. The van der Waals surface area contributed by atoms with Gasteiger partial charge < -0.3 is 4.74 Å². The molecule has 1 atom stereocenters. The van der Waals surface area contributed by atoms with E-state index >= 15 is 0 Å². The summed E-state index contributed by atoms with van der Waals surface area (Å²) in [6.07, 6.45) is -4.32. The van der Waals surface area contributed by atoms with E-state index < -0.39 is 24.7 Å². The van der Waals surface area contributed by atoms with Crippen LogP contribution in [0.2, 0.25) is 0 Å². The number of carbonyl (C=O) groups is 1. The van der Waals surface area contributed by atoms with Crippen molar-refractivity contribution >= 4 is 5.97 Å². The van der Waals surface area contributed by atoms with Crippen molar-refractivity contribution in [1.29, 1.82) is 0 Å². The lowest BCUT2D eigenvalue weighted by molar-refractivity contribution is -0.148. The smallest absolute Gasteiger partial charge is 0.401 e. The first kappa shape index (κ1) is 13.2. The minimum atomic E-state index is -4.32. The van der Waals surface area contributed by atoms with Gasteiger partial charge in [0.25, 0.3) is 0 Å². The second kappa shape index (κ2) is 5.19. The molecule has 0 aliphatic carbocycles. The third-order valence-corrected chi connectivity index (χ3v) is 1.64. The minimum absolute atomic E-state index is 0.246. The highest BCUT2D eigenvalue weighted by atomic mass is 19.4. The highest BCUT2D eigenvalue weighted by Crippen LogP contribution is 2.14. The molecule has 0 aromatic heterocycles. The molecule has 0 amide bonds. The summed E-state index contributed by atoms with van der Waals surface area (Å²) in [4.78, 5) is 11.0. The zero-order valence-corrected chi connectivity index (χ0v) is 8.31. The van der Waals surface area contributed by atoms with Crippen LogP contribution >= 0.6 is 0 Å². The van der Waals surface area contributed by atoms with Crippen LogP contribution < -0.4 is 5.32 Å². The molecule has 0 aliphatic heterocycles. The Kier molecular flexibility index (Phi) is 4.90. The fourth-order valence-corrected chi connectivity index (χ4v) is 0.944. The molecule has 1 N–H and O–H groups in total. The maximum Gasteiger partial charge on any atom is 0.401 e. The van der Waals surface area contributed by atoms with Crippen molar-refractivity contribution in [2.75, 3.05) is 13.7 Å². The van der Waals surface area contributed by atoms with Crippen molar-refractivity contribution in [3.05, 3.63) is 0 Å². The molecule has 6 heteroatoms. The molecule has 0 heterocycles. The molecule has 0 rings (SSSR count). The van der Waals surface area contributed by atoms with Crippen LogP contribution in [0.5, 0.6) is 0 Å². The van der Waals surface area contributed by atoms with Gasteiger partial charge >= 0.3 is 12.1 Å². The van der Waals surface area contributed by atoms with Gasteiger partial charge in [-0.25, -0.2) is 0 Å². The van der Waals surface area contributed by atoms with E-state index in [9.17, 15) is 18.0 Å². The van der Waals surface area contributed by atoms with E-state index in [2.05, 4.69) is 10.1 Å². The molecule has 84 valence electrons. The summed E-state index contributed by atoms with van der Waals surface area (Å²) in [5, 5.41) is 2.11. The monoisotopic (exact) mass is 213 g/mol. The van der Waals surface area contributed by atoms with Gasteiger partial charge in [0.05, 0.1) is 13.7 Å². The number of ether oxygens (including phenoxy) is 1. The van der Waals surface area contributed by atoms with Crippen LogP contribution in [0.25, 0.3) is 0 Å². The lowest BCUT2D eigenvalue weighted by Gasteiger charge is -2.20. The number of halogens is 3. The molecule has 0 spiro atoms. The van der Waals surface area contributed by atoms with E-state index in [1.54, 1.807) is 13.8 Å². The zero-order chi connectivity index (χ0) is 11.4. The quantitative estimate of drug-likeness (QED) is 0.716. The number of nitrogens with one attached hydrogen (secondary N) is 1. The van der Waals surface area contributed by atoms with Gasteiger partial charge in [-0.2, -0.15) is 13.2 Å². The van der Waals surface area contributed by atoms with Crippen molar-refractivity contribution in [3.63, 3.8) is 0 Å². The first-order valence-electron chi connectivity index (χ1n) is 4.16. The Morgan fingerprint density at radius 3 is 2.21 bits per heavy atom. The molecule has 0 fully saturated rings. The predicted molar refractivity (Wildman–Crippen MR) is 44.7 cm³/mol. The van der Waals surface area contributed by atoms with Crippen molar-refractivity contribution in [2.24, 2.45) is 5.92 Å². The van der Waals surface area contributed by atoms with E-state index in [4.69, 9.17) is 0 Å². The van der Waals surface area contributed by atoms with Crippen LogP contribution in [-0.2, 0) is 9.53 Å². The normalized spacial score (nSPS) is 14.2. The summed E-state index contributed by atoms with van der Waals surface area (Å²) in [5.41, 5.74) is 0. The maximum atomic E-state index is 11.8. The van der Waals surface area contributed by atoms with Crippen molar-refractivity contribution in [2.45, 2.75) is 26.1 Å². The molecule has 0 saturated carbocycles. The summed E-state index contributed by atoms with van der Waals surface area (Å²) < 4.78 is 39.9. The van der Waals surface area contributed by atoms with Gasteiger partial charge in [0.1, 0.15) is 6.04 Å². The molecule has 0 radical (unpaired) electrons. The summed E-state index contributed by atoms with van der Waals surface area (Å²) in [6, 6.07) is -0.915. The molecular weight excluding hydrogens is 199 g/mol. The van der Waals surface area contributed by atoms with Gasteiger partial charge in [0.2, 0.25) is 0 Å². The highest BCUT2D eigenvalue weighted by molar-refractivity contribution is 5.75. The number of carbonyl (C=O) groups excluding carboxylic acids is 1. The molecule has 3 nitrogen and oxygen atoms in total. The highest BCUT2D eigenvalue weighted by Gasteiger charge is 2.31. The van der Waals surface area contributed by atoms with Crippen LogP contribution in [0.4, 0.5) is 13.2 Å². The number of hydrogen-bond donors (Lipinski definition) is 1. The Morgan fingerprint density at radius 1 is 1.43 bits per heavy atom. The SMILES string of the molecule is COC(=O)C(NCC(F)(F)F)C(C)C. The van der Waals surface area contributed by atoms with Crippen LogP contribution in [0, 0.1) is 5.92 Å². The third kappa shape index (κ3) is 5.06. The fourth-order valence-electron chi connectivity index (χ4n) is 0.944. The van der Waals surface area contributed by atoms with Crippen LogP contribution in [-0.4, -0.2) is 31.8 Å². The van der Waals surface area contributed by atoms with Crippen molar-refractivity contribution < 1.29 is 22.7 Å².